The fourth-order valence-corrected chi connectivity index (χ4v) is 4.82. The van der Waals surface area contributed by atoms with Gasteiger partial charge in [-0.25, -0.2) is 0 Å². The SMILES string of the molecule is CC(C)CNCC1(c2ccc(Cl)cc2)CC2(CCCC2)C1. The molecule has 1 spiro atoms. The van der Waals surface area contributed by atoms with Crippen LogP contribution in [0, 0.1) is 11.3 Å². The Balaban J connectivity index is 1.74. The number of nitrogens with one attached hydrogen (secondary N) is 1. The van der Waals surface area contributed by atoms with Crippen molar-refractivity contribution in [2.45, 2.75) is 57.8 Å². The van der Waals surface area contributed by atoms with E-state index in [0.717, 1.165) is 18.1 Å². The number of halogens is 1. The Labute approximate surface area is 134 Å². The van der Waals surface area contributed by atoms with Gasteiger partial charge in [0.05, 0.1) is 0 Å². The summed E-state index contributed by atoms with van der Waals surface area (Å²) >= 11 is 6.07. The molecule has 0 saturated heterocycles. The van der Waals surface area contributed by atoms with Gasteiger partial charge in [-0.2, -0.15) is 0 Å². The fourth-order valence-electron chi connectivity index (χ4n) is 4.70. The van der Waals surface area contributed by atoms with Gasteiger partial charge in [0.25, 0.3) is 0 Å². The summed E-state index contributed by atoms with van der Waals surface area (Å²) in [6.07, 6.45) is 8.52. The summed E-state index contributed by atoms with van der Waals surface area (Å²) in [7, 11) is 0. The smallest absolute Gasteiger partial charge is 0.0406 e. The van der Waals surface area contributed by atoms with Crippen molar-refractivity contribution in [1.29, 1.82) is 0 Å². The zero-order valence-corrected chi connectivity index (χ0v) is 14.2. The molecule has 0 atom stereocenters. The normalized spacial score (nSPS) is 22.7. The van der Waals surface area contributed by atoms with Crippen molar-refractivity contribution >= 4 is 11.6 Å². The molecule has 2 aliphatic carbocycles. The first-order valence-corrected chi connectivity index (χ1v) is 8.88. The maximum absolute atomic E-state index is 6.07. The van der Waals surface area contributed by atoms with Crippen molar-refractivity contribution in [2.24, 2.45) is 11.3 Å². The molecule has 1 aromatic rings. The van der Waals surface area contributed by atoms with E-state index in [1.54, 1.807) is 0 Å². The van der Waals surface area contributed by atoms with Crippen LogP contribution in [0.5, 0.6) is 0 Å². The Bertz CT molecular complexity index is 463. The van der Waals surface area contributed by atoms with Crippen molar-refractivity contribution in [3.63, 3.8) is 0 Å². The lowest BCUT2D eigenvalue weighted by Gasteiger charge is -2.56. The van der Waals surface area contributed by atoms with Crippen molar-refractivity contribution in [3.8, 4) is 0 Å². The zero-order valence-electron chi connectivity index (χ0n) is 13.4. The minimum atomic E-state index is 0.351. The molecule has 1 N–H and O–H groups in total. The second kappa shape index (κ2) is 5.93. The Hall–Kier alpha value is -0.530. The molecule has 0 unspecified atom stereocenters. The van der Waals surface area contributed by atoms with E-state index >= 15 is 0 Å². The van der Waals surface area contributed by atoms with E-state index in [4.69, 9.17) is 11.6 Å². The highest BCUT2D eigenvalue weighted by molar-refractivity contribution is 6.30. The Morgan fingerprint density at radius 2 is 1.71 bits per heavy atom. The van der Waals surface area contributed by atoms with Gasteiger partial charge >= 0.3 is 0 Å². The van der Waals surface area contributed by atoms with Crippen molar-refractivity contribution in [1.82, 2.24) is 5.32 Å². The first kappa shape index (κ1) is 15.4. The quantitative estimate of drug-likeness (QED) is 0.790. The minimum Gasteiger partial charge on any atom is -0.316 e. The summed E-state index contributed by atoms with van der Waals surface area (Å²) in [5.41, 5.74) is 2.50. The average molecular weight is 306 g/mol. The molecule has 1 aromatic carbocycles. The molecule has 0 aliphatic heterocycles. The summed E-state index contributed by atoms with van der Waals surface area (Å²) in [4.78, 5) is 0. The highest BCUT2D eigenvalue weighted by Crippen LogP contribution is 2.62. The second-order valence-electron chi connectivity index (χ2n) is 7.87. The molecule has 0 radical (unpaired) electrons. The Morgan fingerprint density at radius 1 is 1.10 bits per heavy atom. The average Bonchev–Trinajstić information content (AvgIpc) is 2.87. The van der Waals surface area contributed by atoms with Crippen LogP contribution in [0.3, 0.4) is 0 Å². The number of benzene rings is 1. The van der Waals surface area contributed by atoms with Gasteiger partial charge in [-0.05, 0) is 61.3 Å². The maximum atomic E-state index is 6.07. The van der Waals surface area contributed by atoms with Crippen LogP contribution in [-0.2, 0) is 5.41 Å². The molecule has 1 nitrogen and oxygen atoms in total. The molecule has 116 valence electrons. The third kappa shape index (κ3) is 3.14. The summed E-state index contributed by atoms with van der Waals surface area (Å²) in [6.45, 7) is 6.79. The van der Waals surface area contributed by atoms with E-state index in [9.17, 15) is 0 Å². The van der Waals surface area contributed by atoms with Gasteiger partial charge in [-0.1, -0.05) is 50.4 Å². The second-order valence-corrected chi connectivity index (χ2v) is 8.31. The largest absolute Gasteiger partial charge is 0.316 e. The Kier molecular flexibility index (Phi) is 4.34. The summed E-state index contributed by atoms with van der Waals surface area (Å²) in [5, 5.41) is 4.56. The standard InChI is InChI=1S/C19H28ClN/c1-15(2)11-21-14-19(16-5-7-17(20)8-6-16)12-18(13-19)9-3-4-10-18/h5-8,15,21H,3-4,9-14H2,1-2H3. The van der Waals surface area contributed by atoms with Crippen LogP contribution >= 0.6 is 11.6 Å². The molecule has 0 aromatic heterocycles. The predicted octanol–water partition coefficient (Wildman–Crippen LogP) is 5.18. The minimum absolute atomic E-state index is 0.351. The summed E-state index contributed by atoms with van der Waals surface area (Å²) < 4.78 is 0. The molecule has 2 heteroatoms. The number of hydrogen-bond acceptors (Lipinski definition) is 1. The third-order valence-electron chi connectivity index (χ3n) is 5.56. The van der Waals surface area contributed by atoms with Crippen LogP contribution in [0.2, 0.25) is 5.02 Å². The van der Waals surface area contributed by atoms with Gasteiger partial charge in [-0.15, -0.1) is 0 Å². The van der Waals surface area contributed by atoms with Crippen molar-refractivity contribution in [2.75, 3.05) is 13.1 Å². The number of hydrogen-bond donors (Lipinski definition) is 1. The van der Waals surface area contributed by atoms with Crippen LogP contribution in [-0.4, -0.2) is 13.1 Å². The fraction of sp³-hybridized carbons (Fsp3) is 0.684. The third-order valence-corrected chi connectivity index (χ3v) is 5.82. The molecular formula is C19H28ClN. The molecule has 2 saturated carbocycles. The lowest BCUT2D eigenvalue weighted by molar-refractivity contribution is 0.0266. The van der Waals surface area contributed by atoms with Crippen LogP contribution in [0.15, 0.2) is 24.3 Å². The highest BCUT2D eigenvalue weighted by Gasteiger charge is 2.55. The van der Waals surface area contributed by atoms with Crippen LogP contribution in [0.4, 0.5) is 0 Å². The van der Waals surface area contributed by atoms with E-state index < -0.39 is 0 Å². The topological polar surface area (TPSA) is 12.0 Å². The molecule has 0 bridgehead atoms. The van der Waals surface area contributed by atoms with Gasteiger partial charge in [0.1, 0.15) is 0 Å². The first-order valence-electron chi connectivity index (χ1n) is 8.51. The van der Waals surface area contributed by atoms with E-state index in [0.29, 0.717) is 16.7 Å². The molecule has 0 amide bonds. The summed E-state index contributed by atoms with van der Waals surface area (Å²) in [6, 6.07) is 8.61. The van der Waals surface area contributed by atoms with Gasteiger partial charge in [0.15, 0.2) is 0 Å². The van der Waals surface area contributed by atoms with Gasteiger partial charge in [0.2, 0.25) is 0 Å². The maximum Gasteiger partial charge on any atom is 0.0406 e. The van der Waals surface area contributed by atoms with Gasteiger partial charge in [0, 0.05) is 17.0 Å². The molecule has 3 rings (SSSR count). The van der Waals surface area contributed by atoms with Crippen LogP contribution < -0.4 is 5.32 Å². The molecule has 21 heavy (non-hydrogen) atoms. The van der Waals surface area contributed by atoms with Crippen LogP contribution in [0.25, 0.3) is 0 Å². The Morgan fingerprint density at radius 3 is 2.29 bits per heavy atom. The zero-order chi connectivity index (χ0) is 14.9. The van der Waals surface area contributed by atoms with E-state index in [1.165, 1.54) is 44.1 Å². The lowest BCUT2D eigenvalue weighted by Crippen LogP contribution is -2.54. The molecular weight excluding hydrogens is 278 g/mol. The molecule has 2 aliphatic rings. The molecule has 0 heterocycles. The highest BCUT2D eigenvalue weighted by atomic mass is 35.5. The lowest BCUT2D eigenvalue weighted by atomic mass is 9.49. The first-order chi connectivity index (χ1) is 10.0. The van der Waals surface area contributed by atoms with Crippen molar-refractivity contribution in [3.05, 3.63) is 34.9 Å². The molecule has 2 fully saturated rings. The van der Waals surface area contributed by atoms with Gasteiger partial charge < -0.3 is 5.32 Å². The monoisotopic (exact) mass is 305 g/mol. The summed E-state index contributed by atoms with van der Waals surface area (Å²) in [5.74, 6) is 0.716. The van der Waals surface area contributed by atoms with Crippen LogP contribution in [0.1, 0.15) is 57.9 Å². The van der Waals surface area contributed by atoms with E-state index in [-0.39, 0.29) is 0 Å². The van der Waals surface area contributed by atoms with Gasteiger partial charge in [-0.3, -0.25) is 0 Å². The predicted molar refractivity (Wildman–Crippen MR) is 91.0 cm³/mol. The number of rotatable bonds is 5. The van der Waals surface area contributed by atoms with E-state index in [2.05, 4.69) is 43.4 Å². The van der Waals surface area contributed by atoms with E-state index in [1.807, 2.05) is 0 Å². The van der Waals surface area contributed by atoms with Crippen molar-refractivity contribution < 1.29 is 0 Å².